The van der Waals surface area contributed by atoms with Crippen molar-refractivity contribution in [2.45, 2.75) is 20.8 Å². The first-order valence-electron chi connectivity index (χ1n) is 6.19. The van der Waals surface area contributed by atoms with Crippen LogP contribution < -0.4 is 4.74 Å². The molecule has 1 aromatic carbocycles. The predicted molar refractivity (Wildman–Crippen MR) is 69.7 cm³/mol. The summed E-state index contributed by atoms with van der Waals surface area (Å²) in [5, 5.41) is 0. The van der Waals surface area contributed by atoms with E-state index in [0.717, 1.165) is 24.4 Å². The molecule has 17 heavy (non-hydrogen) atoms. The van der Waals surface area contributed by atoms with E-state index >= 15 is 0 Å². The summed E-state index contributed by atoms with van der Waals surface area (Å²) in [7, 11) is 0. The number of carbonyl (C=O) groups excluding carboxylic acids is 1. The van der Waals surface area contributed by atoms with Gasteiger partial charge in [-0.15, -0.1) is 0 Å². The van der Waals surface area contributed by atoms with Crippen LogP contribution in [0.3, 0.4) is 0 Å². The lowest BCUT2D eigenvalue weighted by Gasteiger charge is -2.16. The summed E-state index contributed by atoms with van der Waals surface area (Å²) in [6.45, 7) is 9.01. The summed E-state index contributed by atoms with van der Waals surface area (Å²) < 4.78 is 5.34. The highest BCUT2D eigenvalue weighted by atomic mass is 16.5. The molecule has 0 aliphatic rings. The molecule has 0 amide bonds. The summed E-state index contributed by atoms with van der Waals surface area (Å²) >= 11 is 0. The Labute approximate surface area is 103 Å². The highest BCUT2D eigenvalue weighted by molar-refractivity contribution is 5.97. The van der Waals surface area contributed by atoms with Crippen molar-refractivity contribution in [3.63, 3.8) is 0 Å². The van der Waals surface area contributed by atoms with Crippen LogP contribution in [0.1, 0.15) is 31.1 Å². The van der Waals surface area contributed by atoms with Gasteiger partial charge in [-0.05, 0) is 44.3 Å². The largest absolute Gasteiger partial charge is 0.494 e. The van der Waals surface area contributed by atoms with E-state index in [9.17, 15) is 4.79 Å². The first kappa shape index (κ1) is 13.7. The Bertz CT molecular complexity index is 342. The Morgan fingerprint density at radius 2 is 1.71 bits per heavy atom. The van der Waals surface area contributed by atoms with Crippen molar-refractivity contribution in [2.24, 2.45) is 0 Å². The van der Waals surface area contributed by atoms with Crippen LogP contribution in [0.2, 0.25) is 0 Å². The van der Waals surface area contributed by atoms with Gasteiger partial charge < -0.3 is 4.74 Å². The number of hydrogen-bond acceptors (Lipinski definition) is 3. The van der Waals surface area contributed by atoms with E-state index in [2.05, 4.69) is 18.7 Å². The number of ketones is 1. The Kier molecular flexibility index (Phi) is 5.70. The third-order valence-electron chi connectivity index (χ3n) is 2.75. The van der Waals surface area contributed by atoms with Crippen LogP contribution in [-0.2, 0) is 0 Å². The zero-order valence-corrected chi connectivity index (χ0v) is 10.9. The van der Waals surface area contributed by atoms with Gasteiger partial charge in [0.2, 0.25) is 0 Å². The molecule has 0 atom stereocenters. The van der Waals surface area contributed by atoms with Crippen LogP contribution in [0.15, 0.2) is 24.3 Å². The SMILES string of the molecule is CCOc1ccc(C(=O)CN(CC)CC)cc1. The quantitative estimate of drug-likeness (QED) is 0.680. The minimum absolute atomic E-state index is 0.164. The fourth-order valence-corrected chi connectivity index (χ4v) is 1.65. The van der Waals surface area contributed by atoms with Gasteiger partial charge in [0.25, 0.3) is 0 Å². The molecule has 0 N–H and O–H groups in total. The van der Waals surface area contributed by atoms with Gasteiger partial charge in [0.15, 0.2) is 5.78 Å². The summed E-state index contributed by atoms with van der Waals surface area (Å²) in [5.41, 5.74) is 0.750. The zero-order valence-electron chi connectivity index (χ0n) is 10.9. The molecule has 0 saturated carbocycles. The molecular weight excluding hydrogens is 214 g/mol. The van der Waals surface area contributed by atoms with E-state index < -0.39 is 0 Å². The number of likely N-dealkylation sites (N-methyl/N-ethyl adjacent to an activating group) is 1. The van der Waals surface area contributed by atoms with Gasteiger partial charge in [0.1, 0.15) is 5.75 Å². The van der Waals surface area contributed by atoms with Crippen molar-refractivity contribution in [2.75, 3.05) is 26.2 Å². The molecule has 0 aromatic heterocycles. The lowest BCUT2D eigenvalue weighted by Crippen LogP contribution is -2.29. The van der Waals surface area contributed by atoms with Crippen LogP contribution in [-0.4, -0.2) is 36.9 Å². The fourth-order valence-electron chi connectivity index (χ4n) is 1.65. The average Bonchev–Trinajstić information content (AvgIpc) is 2.37. The highest BCUT2D eigenvalue weighted by Crippen LogP contribution is 2.12. The number of ether oxygens (including phenoxy) is 1. The van der Waals surface area contributed by atoms with E-state index in [1.807, 2.05) is 31.2 Å². The Morgan fingerprint density at radius 3 is 2.18 bits per heavy atom. The molecule has 0 aliphatic carbocycles. The van der Waals surface area contributed by atoms with Crippen LogP contribution in [0.4, 0.5) is 0 Å². The molecule has 0 aliphatic heterocycles. The van der Waals surface area contributed by atoms with E-state index in [1.54, 1.807) is 0 Å². The summed E-state index contributed by atoms with van der Waals surface area (Å²) in [6, 6.07) is 7.35. The second kappa shape index (κ2) is 7.07. The number of benzene rings is 1. The molecular formula is C14H21NO2. The van der Waals surface area contributed by atoms with Crippen molar-refractivity contribution >= 4 is 5.78 Å². The third kappa shape index (κ3) is 4.19. The number of nitrogens with zero attached hydrogens (tertiary/aromatic N) is 1. The molecule has 3 nitrogen and oxygen atoms in total. The molecule has 0 heterocycles. The molecule has 3 heteroatoms. The molecule has 1 aromatic rings. The van der Waals surface area contributed by atoms with Crippen LogP contribution >= 0.6 is 0 Å². The predicted octanol–water partition coefficient (Wildman–Crippen LogP) is 2.61. The fraction of sp³-hybridized carbons (Fsp3) is 0.500. The maximum Gasteiger partial charge on any atom is 0.176 e. The smallest absolute Gasteiger partial charge is 0.176 e. The molecule has 0 fully saturated rings. The molecule has 94 valence electrons. The number of rotatable bonds is 7. The summed E-state index contributed by atoms with van der Waals surface area (Å²) in [4.78, 5) is 14.1. The second-order valence-corrected chi connectivity index (χ2v) is 3.84. The highest BCUT2D eigenvalue weighted by Gasteiger charge is 2.09. The van der Waals surface area contributed by atoms with Gasteiger partial charge in [-0.1, -0.05) is 13.8 Å². The van der Waals surface area contributed by atoms with Gasteiger partial charge in [-0.2, -0.15) is 0 Å². The van der Waals surface area contributed by atoms with E-state index in [-0.39, 0.29) is 5.78 Å². The number of Topliss-reactive ketones (excluding diaryl/α,β-unsaturated/α-hetero) is 1. The maximum atomic E-state index is 12.0. The van der Waals surface area contributed by atoms with Gasteiger partial charge in [0, 0.05) is 5.56 Å². The van der Waals surface area contributed by atoms with E-state index in [4.69, 9.17) is 4.74 Å². The average molecular weight is 235 g/mol. The van der Waals surface area contributed by atoms with Crippen molar-refractivity contribution < 1.29 is 9.53 Å². The Hall–Kier alpha value is -1.35. The molecule has 0 unspecified atom stereocenters. The van der Waals surface area contributed by atoms with E-state index in [0.29, 0.717) is 13.2 Å². The number of carbonyl (C=O) groups is 1. The summed E-state index contributed by atoms with van der Waals surface area (Å²) in [6.07, 6.45) is 0. The van der Waals surface area contributed by atoms with Crippen LogP contribution in [0.5, 0.6) is 5.75 Å². The van der Waals surface area contributed by atoms with Crippen molar-refractivity contribution in [1.82, 2.24) is 4.90 Å². The first-order chi connectivity index (χ1) is 8.21. The van der Waals surface area contributed by atoms with Gasteiger partial charge in [0.05, 0.1) is 13.2 Å². The first-order valence-corrected chi connectivity index (χ1v) is 6.19. The van der Waals surface area contributed by atoms with Crippen molar-refractivity contribution in [3.8, 4) is 5.75 Å². The Balaban J connectivity index is 2.63. The lowest BCUT2D eigenvalue weighted by atomic mass is 10.1. The van der Waals surface area contributed by atoms with Crippen molar-refractivity contribution in [1.29, 1.82) is 0 Å². The van der Waals surface area contributed by atoms with Gasteiger partial charge in [-0.25, -0.2) is 0 Å². The van der Waals surface area contributed by atoms with Gasteiger partial charge >= 0.3 is 0 Å². The minimum Gasteiger partial charge on any atom is -0.494 e. The maximum absolute atomic E-state index is 12.0. The molecule has 0 radical (unpaired) electrons. The molecule has 0 bridgehead atoms. The van der Waals surface area contributed by atoms with Crippen LogP contribution in [0, 0.1) is 0 Å². The normalized spacial score (nSPS) is 10.6. The molecule has 0 saturated heterocycles. The van der Waals surface area contributed by atoms with Gasteiger partial charge in [-0.3, -0.25) is 9.69 Å². The zero-order chi connectivity index (χ0) is 12.7. The number of hydrogen-bond donors (Lipinski definition) is 0. The Morgan fingerprint density at radius 1 is 1.12 bits per heavy atom. The monoisotopic (exact) mass is 235 g/mol. The van der Waals surface area contributed by atoms with Crippen molar-refractivity contribution in [3.05, 3.63) is 29.8 Å². The standard InChI is InChI=1S/C14H21NO2/c1-4-15(5-2)11-14(16)12-7-9-13(10-8-12)17-6-3/h7-10H,4-6,11H2,1-3H3. The van der Waals surface area contributed by atoms with E-state index in [1.165, 1.54) is 0 Å². The minimum atomic E-state index is 0.164. The van der Waals surface area contributed by atoms with Crippen LogP contribution in [0.25, 0.3) is 0 Å². The third-order valence-corrected chi connectivity index (χ3v) is 2.75. The topological polar surface area (TPSA) is 29.5 Å². The lowest BCUT2D eigenvalue weighted by molar-refractivity contribution is 0.0937. The second-order valence-electron chi connectivity index (χ2n) is 3.84. The molecule has 0 spiro atoms. The summed E-state index contributed by atoms with van der Waals surface area (Å²) in [5.74, 6) is 0.976. The molecule has 1 rings (SSSR count).